The number of carbonyl (C=O) groups excluding carboxylic acids is 1. The molecule has 1 aliphatic rings. The average molecular weight is 397 g/mol. The second kappa shape index (κ2) is 8.61. The monoisotopic (exact) mass is 397 g/mol. The lowest BCUT2D eigenvalue weighted by atomic mass is 9.90. The van der Waals surface area contributed by atoms with Crippen LogP contribution in [0.5, 0.6) is 0 Å². The summed E-state index contributed by atoms with van der Waals surface area (Å²) in [7, 11) is 2.04. The van der Waals surface area contributed by atoms with Gasteiger partial charge in [0.1, 0.15) is 11.1 Å². The minimum atomic E-state index is -1.33. The summed E-state index contributed by atoms with van der Waals surface area (Å²) in [6.45, 7) is 4.84. The van der Waals surface area contributed by atoms with Crippen LogP contribution in [0.4, 0.5) is 0 Å². The number of aromatic nitrogens is 1. The van der Waals surface area contributed by atoms with Crippen LogP contribution >= 0.6 is 0 Å². The lowest BCUT2D eigenvalue weighted by molar-refractivity contribution is 0.0694. The molecule has 0 aliphatic carbocycles. The molecule has 0 radical (unpaired) electrons. The molecular formula is C22H27N3O4. The molecule has 1 aliphatic heterocycles. The van der Waals surface area contributed by atoms with Crippen molar-refractivity contribution in [2.24, 2.45) is 5.41 Å². The normalized spacial score (nSPS) is 19.2. The van der Waals surface area contributed by atoms with Gasteiger partial charge in [-0.1, -0.05) is 37.3 Å². The molecule has 29 heavy (non-hydrogen) atoms. The Hall–Kier alpha value is -2.93. The number of carbonyl (C=O) groups is 2. The van der Waals surface area contributed by atoms with Crippen LogP contribution in [0, 0.1) is 5.41 Å². The SMILES string of the molecule is CN1CC[C@@](C)(CNC(=O)c2cn(CCc3ccccc3)cc(C(=O)O)c2=O)C1. The number of hydrogen-bond donors (Lipinski definition) is 2. The van der Waals surface area contributed by atoms with Crippen LogP contribution in [0.2, 0.25) is 0 Å². The number of nitrogens with zero attached hydrogens (tertiary/aromatic N) is 2. The summed E-state index contributed by atoms with van der Waals surface area (Å²) >= 11 is 0. The molecule has 1 saturated heterocycles. The maximum atomic E-state index is 12.7. The summed E-state index contributed by atoms with van der Waals surface area (Å²) in [5.41, 5.74) is -0.237. The van der Waals surface area contributed by atoms with Gasteiger partial charge in [-0.05, 0) is 37.4 Å². The molecule has 1 atom stereocenters. The standard InChI is InChI=1S/C22H27N3O4/c1-22(9-11-24(2)15-22)14-23-20(27)17-12-25(13-18(19(17)26)21(28)29)10-8-16-6-4-3-5-7-16/h3-7,12-13H,8-11,14-15H2,1-2H3,(H,23,27)(H,28,29)/t22-/m0/s1. The van der Waals surface area contributed by atoms with E-state index in [0.717, 1.165) is 25.1 Å². The van der Waals surface area contributed by atoms with Crippen molar-refractivity contribution < 1.29 is 14.7 Å². The van der Waals surface area contributed by atoms with Gasteiger partial charge in [0.15, 0.2) is 0 Å². The third-order valence-electron chi connectivity index (χ3n) is 5.48. The third kappa shape index (κ3) is 5.12. The first-order valence-electron chi connectivity index (χ1n) is 9.75. The quantitative estimate of drug-likeness (QED) is 0.744. The van der Waals surface area contributed by atoms with Crippen LogP contribution in [0.3, 0.4) is 0 Å². The molecule has 1 fully saturated rings. The molecule has 0 bridgehead atoms. The van der Waals surface area contributed by atoms with E-state index >= 15 is 0 Å². The van der Waals surface area contributed by atoms with Gasteiger partial charge in [-0.3, -0.25) is 9.59 Å². The molecule has 2 heterocycles. The topological polar surface area (TPSA) is 91.6 Å². The molecule has 2 aromatic rings. The molecular weight excluding hydrogens is 370 g/mol. The fourth-order valence-electron chi connectivity index (χ4n) is 3.78. The minimum absolute atomic E-state index is 0.0544. The van der Waals surface area contributed by atoms with Gasteiger partial charge in [-0.2, -0.15) is 0 Å². The zero-order chi connectivity index (χ0) is 21.0. The van der Waals surface area contributed by atoms with Crippen molar-refractivity contribution in [2.45, 2.75) is 26.3 Å². The Bertz CT molecular complexity index is 954. The Labute approximate surface area is 170 Å². The Kier molecular flexibility index (Phi) is 6.17. The Morgan fingerprint density at radius 3 is 2.48 bits per heavy atom. The number of hydrogen-bond acceptors (Lipinski definition) is 4. The smallest absolute Gasteiger partial charge is 0.341 e. The molecule has 7 nitrogen and oxygen atoms in total. The maximum Gasteiger partial charge on any atom is 0.341 e. The van der Waals surface area contributed by atoms with Crippen LogP contribution in [-0.2, 0) is 13.0 Å². The largest absolute Gasteiger partial charge is 0.477 e. The number of pyridine rings is 1. The van der Waals surface area contributed by atoms with E-state index in [9.17, 15) is 19.5 Å². The first kappa shape index (κ1) is 20.8. The van der Waals surface area contributed by atoms with Crippen molar-refractivity contribution in [3.63, 3.8) is 0 Å². The Morgan fingerprint density at radius 1 is 1.17 bits per heavy atom. The first-order valence-corrected chi connectivity index (χ1v) is 9.75. The number of amides is 1. The third-order valence-corrected chi connectivity index (χ3v) is 5.48. The van der Waals surface area contributed by atoms with Crippen LogP contribution in [-0.4, -0.2) is 53.1 Å². The first-order chi connectivity index (χ1) is 13.8. The highest BCUT2D eigenvalue weighted by Gasteiger charge is 2.32. The van der Waals surface area contributed by atoms with Gasteiger partial charge in [-0.15, -0.1) is 0 Å². The summed E-state index contributed by atoms with van der Waals surface area (Å²) in [6.07, 6.45) is 4.38. The molecule has 0 unspecified atom stereocenters. The van der Waals surface area contributed by atoms with Gasteiger partial charge < -0.3 is 19.9 Å². The molecule has 1 aromatic carbocycles. The lowest BCUT2D eigenvalue weighted by Crippen LogP contribution is -2.39. The highest BCUT2D eigenvalue weighted by molar-refractivity contribution is 5.96. The van der Waals surface area contributed by atoms with E-state index < -0.39 is 22.9 Å². The van der Waals surface area contributed by atoms with Gasteiger partial charge in [-0.25, -0.2) is 4.79 Å². The van der Waals surface area contributed by atoms with E-state index in [2.05, 4.69) is 17.1 Å². The van der Waals surface area contributed by atoms with Gasteiger partial charge in [0.2, 0.25) is 5.43 Å². The van der Waals surface area contributed by atoms with E-state index in [-0.39, 0.29) is 11.0 Å². The summed E-state index contributed by atoms with van der Waals surface area (Å²) in [5.74, 6) is -1.86. The fraction of sp³-hybridized carbons (Fsp3) is 0.409. The summed E-state index contributed by atoms with van der Waals surface area (Å²) < 4.78 is 1.61. The molecule has 154 valence electrons. The molecule has 1 amide bonds. The van der Waals surface area contributed by atoms with E-state index in [1.54, 1.807) is 4.57 Å². The number of benzene rings is 1. The maximum absolute atomic E-state index is 12.7. The van der Waals surface area contributed by atoms with Crippen molar-refractivity contribution in [1.82, 2.24) is 14.8 Å². The second-order valence-corrected chi connectivity index (χ2v) is 8.17. The van der Waals surface area contributed by atoms with Crippen LogP contribution in [0.25, 0.3) is 0 Å². The predicted molar refractivity (Wildman–Crippen MR) is 110 cm³/mol. The molecule has 2 N–H and O–H groups in total. The molecule has 0 spiro atoms. The number of carboxylic acid groups (broad SMARTS) is 1. The molecule has 1 aromatic heterocycles. The highest BCUT2D eigenvalue weighted by Crippen LogP contribution is 2.27. The van der Waals surface area contributed by atoms with E-state index in [1.807, 2.05) is 37.4 Å². The number of aromatic carboxylic acids is 1. The van der Waals surface area contributed by atoms with Crippen LogP contribution in [0.1, 0.15) is 39.6 Å². The summed E-state index contributed by atoms with van der Waals surface area (Å²) in [6, 6.07) is 9.75. The van der Waals surface area contributed by atoms with Crippen molar-refractivity contribution in [1.29, 1.82) is 0 Å². The number of aryl methyl sites for hydroxylation is 2. The van der Waals surface area contributed by atoms with Crippen molar-refractivity contribution in [3.05, 3.63) is 69.6 Å². The number of likely N-dealkylation sites (tertiary alicyclic amines) is 1. The van der Waals surface area contributed by atoms with Crippen LogP contribution < -0.4 is 10.7 Å². The van der Waals surface area contributed by atoms with E-state index in [0.29, 0.717) is 19.5 Å². The summed E-state index contributed by atoms with van der Waals surface area (Å²) in [5, 5.41) is 12.2. The van der Waals surface area contributed by atoms with E-state index in [4.69, 9.17) is 0 Å². The van der Waals surface area contributed by atoms with Crippen molar-refractivity contribution in [3.8, 4) is 0 Å². The Morgan fingerprint density at radius 2 is 1.86 bits per heavy atom. The Balaban J connectivity index is 1.79. The van der Waals surface area contributed by atoms with Crippen molar-refractivity contribution in [2.75, 3.05) is 26.7 Å². The number of nitrogens with one attached hydrogen (secondary N) is 1. The number of rotatable bonds is 7. The molecule has 0 saturated carbocycles. The van der Waals surface area contributed by atoms with Gasteiger partial charge in [0.05, 0.1) is 0 Å². The van der Waals surface area contributed by atoms with Gasteiger partial charge in [0.25, 0.3) is 5.91 Å². The number of carboxylic acids is 1. The van der Waals surface area contributed by atoms with Gasteiger partial charge in [0, 0.05) is 32.0 Å². The zero-order valence-corrected chi connectivity index (χ0v) is 16.9. The minimum Gasteiger partial charge on any atom is -0.477 e. The van der Waals surface area contributed by atoms with Gasteiger partial charge >= 0.3 is 5.97 Å². The molecule has 7 heteroatoms. The van der Waals surface area contributed by atoms with Crippen LogP contribution in [0.15, 0.2) is 47.5 Å². The summed E-state index contributed by atoms with van der Waals surface area (Å²) in [4.78, 5) is 39.0. The predicted octanol–water partition coefficient (Wildman–Crippen LogP) is 1.86. The zero-order valence-electron chi connectivity index (χ0n) is 16.9. The second-order valence-electron chi connectivity index (χ2n) is 8.17. The average Bonchev–Trinajstić information content (AvgIpc) is 3.05. The highest BCUT2D eigenvalue weighted by atomic mass is 16.4. The van der Waals surface area contributed by atoms with E-state index in [1.165, 1.54) is 12.4 Å². The molecule has 3 rings (SSSR count). The van der Waals surface area contributed by atoms with Crippen molar-refractivity contribution >= 4 is 11.9 Å². The fourth-order valence-corrected chi connectivity index (χ4v) is 3.78. The lowest BCUT2D eigenvalue weighted by Gasteiger charge is -2.24.